The van der Waals surface area contributed by atoms with Crippen molar-refractivity contribution in [2.75, 3.05) is 13.2 Å². The highest BCUT2D eigenvalue weighted by Gasteiger charge is 2.29. The molecule has 0 N–H and O–H groups in total. The zero-order valence-corrected chi connectivity index (χ0v) is 10.7. The van der Waals surface area contributed by atoms with Gasteiger partial charge in [0.05, 0.1) is 18.8 Å². The fourth-order valence-corrected chi connectivity index (χ4v) is 2.25. The molecule has 0 aliphatic carbocycles. The van der Waals surface area contributed by atoms with Gasteiger partial charge in [-0.3, -0.25) is 0 Å². The Morgan fingerprint density at radius 3 is 2.71 bits per heavy atom. The molecule has 0 unspecified atom stereocenters. The highest BCUT2D eigenvalue weighted by molar-refractivity contribution is 6.30. The van der Waals surface area contributed by atoms with Crippen molar-refractivity contribution in [3.05, 3.63) is 27.2 Å². The second kappa shape index (κ2) is 5.16. The van der Waals surface area contributed by atoms with Gasteiger partial charge in [0, 0.05) is 17.6 Å². The molecule has 0 radical (unpaired) electrons. The maximum absolute atomic E-state index is 11.5. The molecule has 0 atom stereocenters. The summed E-state index contributed by atoms with van der Waals surface area (Å²) >= 11 is 6.03. The van der Waals surface area contributed by atoms with Crippen LogP contribution in [0.15, 0.2) is 0 Å². The molecule has 1 saturated heterocycles. The molecule has 0 saturated carbocycles. The van der Waals surface area contributed by atoms with Crippen molar-refractivity contribution < 1.29 is 14.3 Å². The van der Waals surface area contributed by atoms with Gasteiger partial charge in [-0.15, -0.1) is 0 Å². The van der Waals surface area contributed by atoms with E-state index in [1.807, 2.05) is 6.92 Å². The van der Waals surface area contributed by atoms with Crippen molar-refractivity contribution in [1.82, 2.24) is 5.10 Å². The van der Waals surface area contributed by atoms with Crippen molar-refractivity contribution in [1.29, 1.82) is 0 Å². The Morgan fingerprint density at radius 2 is 2.12 bits per heavy atom. The lowest BCUT2D eigenvalue weighted by atomic mass is 10.0. The van der Waals surface area contributed by atoms with Crippen LogP contribution in [0.25, 0.3) is 0 Å². The summed E-state index contributed by atoms with van der Waals surface area (Å²) in [7, 11) is 0. The minimum Gasteiger partial charge on any atom is -0.594 e. The molecule has 1 aromatic heterocycles. The van der Waals surface area contributed by atoms with Crippen molar-refractivity contribution >= 4 is 11.6 Å². The van der Waals surface area contributed by atoms with Crippen LogP contribution >= 0.6 is 11.6 Å². The molecular formula is C11H15ClN2O3. The Kier molecular flexibility index (Phi) is 3.81. The molecule has 1 aliphatic heterocycles. The third-order valence-corrected chi connectivity index (χ3v) is 3.09. The monoisotopic (exact) mass is 258 g/mol. The minimum atomic E-state index is -0.489. The number of hydrogen-bond acceptors (Lipinski definition) is 4. The molecular weight excluding hydrogens is 244 g/mol. The first kappa shape index (κ1) is 12.5. The fourth-order valence-electron chi connectivity index (χ4n) is 1.97. The van der Waals surface area contributed by atoms with Gasteiger partial charge in [0.15, 0.2) is 6.29 Å². The third kappa shape index (κ3) is 2.36. The Bertz CT molecular complexity index is 420. The summed E-state index contributed by atoms with van der Waals surface area (Å²) in [6.45, 7) is 4.86. The van der Waals surface area contributed by atoms with Crippen molar-refractivity contribution in [2.45, 2.75) is 33.0 Å². The normalized spacial score (nSPS) is 16.6. The largest absolute Gasteiger partial charge is 0.594 e. The van der Waals surface area contributed by atoms with Gasteiger partial charge in [0.25, 0.3) is 0 Å². The summed E-state index contributed by atoms with van der Waals surface area (Å²) < 4.78 is 10.9. The van der Waals surface area contributed by atoms with Gasteiger partial charge < -0.3 is 14.7 Å². The number of aromatic nitrogens is 2. The standard InChI is InChI=1S/C11H15ClN2O3/c1-3-4-8-7(2)14(15)13-10(12)9(8)11-16-5-6-17-11/h11H,3-6H2,1-2H3. The molecule has 2 rings (SSSR count). The summed E-state index contributed by atoms with van der Waals surface area (Å²) in [4.78, 5) is 0.561. The SMILES string of the molecule is CCCc1c(C2OCCO2)c(Cl)n[n+]([O-])c1C. The van der Waals surface area contributed by atoms with E-state index < -0.39 is 6.29 Å². The molecule has 2 heterocycles. The van der Waals surface area contributed by atoms with E-state index in [9.17, 15) is 5.21 Å². The van der Waals surface area contributed by atoms with Crippen LogP contribution in [0.2, 0.25) is 5.15 Å². The molecule has 94 valence electrons. The van der Waals surface area contributed by atoms with Crippen molar-refractivity contribution in [2.24, 2.45) is 0 Å². The third-order valence-electron chi connectivity index (χ3n) is 2.81. The van der Waals surface area contributed by atoms with Crippen molar-refractivity contribution in [3.63, 3.8) is 0 Å². The number of rotatable bonds is 3. The van der Waals surface area contributed by atoms with Crippen LogP contribution in [0.4, 0.5) is 0 Å². The van der Waals surface area contributed by atoms with Crippen LogP contribution in [0.1, 0.15) is 36.5 Å². The molecule has 6 heteroatoms. The van der Waals surface area contributed by atoms with Gasteiger partial charge in [0.1, 0.15) is 0 Å². The van der Waals surface area contributed by atoms with E-state index in [4.69, 9.17) is 21.1 Å². The fraction of sp³-hybridized carbons (Fsp3) is 0.636. The predicted molar refractivity (Wildman–Crippen MR) is 61.6 cm³/mol. The van der Waals surface area contributed by atoms with E-state index in [2.05, 4.69) is 5.10 Å². The van der Waals surface area contributed by atoms with E-state index in [0.717, 1.165) is 18.4 Å². The summed E-state index contributed by atoms with van der Waals surface area (Å²) in [5.74, 6) is 0. The maximum atomic E-state index is 11.5. The molecule has 0 aromatic carbocycles. The van der Waals surface area contributed by atoms with Gasteiger partial charge in [-0.2, -0.15) is 0 Å². The second-order valence-electron chi connectivity index (χ2n) is 3.96. The first-order chi connectivity index (χ1) is 8.15. The van der Waals surface area contributed by atoms with E-state index in [1.54, 1.807) is 6.92 Å². The quantitative estimate of drug-likeness (QED) is 0.611. The van der Waals surface area contributed by atoms with Crippen LogP contribution in [-0.4, -0.2) is 18.3 Å². The average molecular weight is 259 g/mol. The number of ether oxygens (including phenoxy) is 2. The molecule has 1 aromatic rings. The van der Waals surface area contributed by atoms with Crippen molar-refractivity contribution in [3.8, 4) is 0 Å². The zero-order valence-electron chi connectivity index (χ0n) is 9.90. The minimum absolute atomic E-state index is 0.168. The number of nitrogens with zero attached hydrogens (tertiary/aromatic N) is 2. The lowest BCUT2D eigenvalue weighted by Crippen LogP contribution is -2.37. The van der Waals surface area contributed by atoms with Gasteiger partial charge in [-0.1, -0.05) is 29.8 Å². The lowest BCUT2D eigenvalue weighted by molar-refractivity contribution is -0.675. The van der Waals surface area contributed by atoms with Crippen LogP contribution < -0.4 is 4.85 Å². The molecule has 17 heavy (non-hydrogen) atoms. The topological polar surface area (TPSA) is 58.3 Å². The first-order valence-corrected chi connectivity index (χ1v) is 6.04. The summed E-state index contributed by atoms with van der Waals surface area (Å²) in [5, 5.41) is 15.4. The van der Waals surface area contributed by atoms with Crippen LogP contribution in [-0.2, 0) is 15.9 Å². The van der Waals surface area contributed by atoms with Gasteiger partial charge in [0.2, 0.25) is 10.8 Å². The Balaban J connectivity index is 2.50. The molecule has 0 bridgehead atoms. The van der Waals surface area contributed by atoms with Gasteiger partial charge >= 0.3 is 0 Å². The summed E-state index contributed by atoms with van der Waals surface area (Å²) in [5.41, 5.74) is 2.15. The molecule has 0 amide bonds. The highest BCUT2D eigenvalue weighted by Crippen LogP contribution is 2.32. The lowest BCUT2D eigenvalue weighted by Gasteiger charge is -2.15. The van der Waals surface area contributed by atoms with Crippen LogP contribution in [0.5, 0.6) is 0 Å². The Morgan fingerprint density at radius 1 is 1.47 bits per heavy atom. The highest BCUT2D eigenvalue weighted by atomic mass is 35.5. The number of halogens is 1. The zero-order chi connectivity index (χ0) is 12.4. The van der Waals surface area contributed by atoms with Gasteiger partial charge in [-0.25, -0.2) is 0 Å². The number of hydrogen-bond donors (Lipinski definition) is 0. The van der Waals surface area contributed by atoms with Crippen LogP contribution in [0, 0.1) is 12.1 Å². The molecule has 5 nitrogen and oxygen atoms in total. The van der Waals surface area contributed by atoms with Crippen LogP contribution in [0.3, 0.4) is 0 Å². The molecule has 0 spiro atoms. The first-order valence-electron chi connectivity index (χ1n) is 5.67. The summed E-state index contributed by atoms with van der Waals surface area (Å²) in [6.07, 6.45) is 1.19. The second-order valence-corrected chi connectivity index (χ2v) is 4.32. The van der Waals surface area contributed by atoms with E-state index >= 15 is 0 Å². The average Bonchev–Trinajstić information content (AvgIpc) is 2.79. The molecule has 1 aliphatic rings. The maximum Gasteiger partial charge on any atom is 0.222 e. The Labute approximate surface area is 105 Å². The van der Waals surface area contributed by atoms with E-state index in [1.165, 1.54) is 0 Å². The smallest absolute Gasteiger partial charge is 0.222 e. The van der Waals surface area contributed by atoms with E-state index in [0.29, 0.717) is 29.3 Å². The summed E-state index contributed by atoms with van der Waals surface area (Å²) in [6, 6.07) is 0. The van der Waals surface area contributed by atoms with E-state index in [-0.39, 0.29) is 5.15 Å². The Hall–Kier alpha value is -0.910. The van der Waals surface area contributed by atoms with Gasteiger partial charge in [-0.05, 0) is 6.42 Å². The molecule has 1 fully saturated rings. The predicted octanol–water partition coefficient (Wildman–Crippen LogP) is 1.67.